The average Bonchev–Trinajstić information content (AvgIpc) is 3.10. The Morgan fingerprint density at radius 1 is 1.03 bits per heavy atom. The van der Waals surface area contributed by atoms with Crippen molar-refractivity contribution in [2.45, 2.75) is 49.6 Å². The molecule has 35 heavy (non-hydrogen) atoms. The van der Waals surface area contributed by atoms with Crippen LogP contribution >= 0.6 is 11.9 Å². The lowest BCUT2D eigenvalue weighted by atomic mass is 9.84. The van der Waals surface area contributed by atoms with Crippen LogP contribution in [0, 0.1) is 11.7 Å². The molecule has 1 saturated carbocycles. The van der Waals surface area contributed by atoms with Gasteiger partial charge in [-0.2, -0.15) is 0 Å². The minimum Gasteiger partial charge on any atom is -0.478 e. The van der Waals surface area contributed by atoms with Crippen molar-refractivity contribution < 1.29 is 19.0 Å². The fourth-order valence-corrected chi connectivity index (χ4v) is 6.84. The van der Waals surface area contributed by atoms with Crippen LogP contribution in [0.4, 0.5) is 21.5 Å². The normalized spacial score (nSPS) is 19.7. The van der Waals surface area contributed by atoms with Crippen LogP contribution in [0.2, 0.25) is 0 Å². The van der Waals surface area contributed by atoms with E-state index in [0.29, 0.717) is 18.3 Å². The first-order valence-electron chi connectivity index (χ1n) is 12.4. The molecule has 7 heteroatoms. The molecular weight excluding hydrogens is 461 g/mol. The standard InChI is InChI=1S/C28H28FN3O2S/c29-22-8-4-5-9-25(22)32-16-19-11-10-18(28(33)34)12-20(19)21-13-27-23(14-26(21)32)30-15-24(31-35-27)17-6-2-1-3-7-17/h4-5,8-14,17,24,30-31H,1-3,6-7,15-16H2,(H,33,34)/p+1/t24-/m0/s1. The summed E-state index contributed by atoms with van der Waals surface area (Å²) in [7, 11) is 0. The van der Waals surface area contributed by atoms with Crippen LogP contribution in [-0.4, -0.2) is 23.7 Å². The van der Waals surface area contributed by atoms with Crippen LogP contribution in [0.1, 0.15) is 48.0 Å². The van der Waals surface area contributed by atoms with Gasteiger partial charge >= 0.3 is 5.97 Å². The highest BCUT2D eigenvalue weighted by Gasteiger charge is 2.32. The van der Waals surface area contributed by atoms with Gasteiger partial charge in [-0.25, -0.2) is 9.18 Å². The number of para-hydroxylation sites is 1. The summed E-state index contributed by atoms with van der Waals surface area (Å²) in [4.78, 5) is 14.9. The van der Waals surface area contributed by atoms with Gasteiger partial charge in [-0.05, 0) is 60.4 Å². The molecule has 2 aliphatic heterocycles. The van der Waals surface area contributed by atoms with Crippen LogP contribution in [0.5, 0.6) is 0 Å². The first-order valence-corrected chi connectivity index (χ1v) is 13.3. The van der Waals surface area contributed by atoms with Gasteiger partial charge in [0, 0.05) is 18.0 Å². The molecular formula is C28H29FN3O2S+. The van der Waals surface area contributed by atoms with E-state index in [1.807, 2.05) is 17.0 Å². The van der Waals surface area contributed by atoms with Crippen LogP contribution in [0.15, 0.2) is 59.5 Å². The van der Waals surface area contributed by atoms with Crippen molar-refractivity contribution in [3.8, 4) is 11.1 Å². The minimum absolute atomic E-state index is 0.263. The quantitative estimate of drug-likeness (QED) is 0.406. The number of anilines is 3. The maximum Gasteiger partial charge on any atom is 0.335 e. The van der Waals surface area contributed by atoms with Crippen molar-refractivity contribution in [2.75, 3.05) is 16.8 Å². The molecule has 0 radical (unpaired) electrons. The molecule has 1 aliphatic carbocycles. The van der Waals surface area contributed by atoms with Gasteiger partial charge in [0.15, 0.2) is 0 Å². The third kappa shape index (κ3) is 4.17. The summed E-state index contributed by atoms with van der Waals surface area (Å²) >= 11 is 1.77. The molecule has 180 valence electrons. The molecule has 0 spiro atoms. The van der Waals surface area contributed by atoms with E-state index in [1.54, 1.807) is 36.2 Å². The summed E-state index contributed by atoms with van der Waals surface area (Å²) in [5.41, 5.74) is 5.57. The summed E-state index contributed by atoms with van der Waals surface area (Å²) in [6.07, 6.45) is 6.58. The lowest BCUT2D eigenvalue weighted by Crippen LogP contribution is -2.85. The number of hydrogen-bond acceptors (Lipinski definition) is 4. The summed E-state index contributed by atoms with van der Waals surface area (Å²) < 4.78 is 17.3. The molecule has 1 fully saturated rings. The van der Waals surface area contributed by atoms with Crippen LogP contribution < -0.4 is 14.9 Å². The molecule has 3 aliphatic rings. The zero-order valence-electron chi connectivity index (χ0n) is 19.5. The Hall–Kier alpha value is -3.03. The van der Waals surface area contributed by atoms with E-state index in [0.717, 1.165) is 45.4 Å². The molecule has 5 nitrogen and oxygen atoms in total. The number of nitrogens with two attached hydrogens (primary N) is 1. The SMILES string of the molecule is O=C(O)c1ccc2c(c1)-c1cc3c(cc1N(c1ccccc1F)C2)NC[C@@H](C1CCCCC1)[NH2+]S3. The van der Waals surface area contributed by atoms with Gasteiger partial charge in [-0.3, -0.25) is 4.72 Å². The molecule has 1 atom stereocenters. The Bertz CT molecular complexity index is 1290. The second-order valence-corrected chi connectivity index (χ2v) is 10.7. The first-order chi connectivity index (χ1) is 17.1. The Kier molecular flexibility index (Phi) is 5.90. The van der Waals surface area contributed by atoms with E-state index in [1.165, 1.54) is 38.2 Å². The molecule has 3 aromatic rings. The average molecular weight is 491 g/mol. The summed E-state index contributed by atoms with van der Waals surface area (Å²) in [5, 5.41) is 13.3. The molecule has 0 amide bonds. The van der Waals surface area contributed by atoms with E-state index in [9.17, 15) is 14.3 Å². The summed E-state index contributed by atoms with van der Waals surface area (Å²) in [5.74, 6) is -0.492. The molecule has 0 bridgehead atoms. The van der Waals surface area contributed by atoms with E-state index in [2.05, 4.69) is 22.2 Å². The molecule has 0 unspecified atom stereocenters. The van der Waals surface area contributed by atoms with E-state index in [-0.39, 0.29) is 11.4 Å². The number of carbonyl (C=O) groups is 1. The number of quaternary nitrogens is 1. The Labute approximate surface area is 208 Å². The van der Waals surface area contributed by atoms with Crippen LogP contribution in [0.3, 0.4) is 0 Å². The number of benzene rings is 3. The number of fused-ring (bicyclic) bond motifs is 4. The Morgan fingerprint density at radius 3 is 2.66 bits per heavy atom. The van der Waals surface area contributed by atoms with Gasteiger partial charge in [-0.1, -0.05) is 37.5 Å². The van der Waals surface area contributed by atoms with Gasteiger partial charge in [0.1, 0.15) is 23.8 Å². The number of hydrogen-bond donors (Lipinski definition) is 3. The van der Waals surface area contributed by atoms with Crippen LogP contribution in [0.25, 0.3) is 11.1 Å². The van der Waals surface area contributed by atoms with Crippen molar-refractivity contribution >= 4 is 35.0 Å². The van der Waals surface area contributed by atoms with Gasteiger partial charge in [0.25, 0.3) is 0 Å². The van der Waals surface area contributed by atoms with Crippen molar-refractivity contribution in [1.82, 2.24) is 0 Å². The number of rotatable bonds is 3. The van der Waals surface area contributed by atoms with Crippen molar-refractivity contribution in [3.05, 3.63) is 71.5 Å². The maximum atomic E-state index is 14.9. The van der Waals surface area contributed by atoms with Crippen molar-refractivity contribution in [1.29, 1.82) is 0 Å². The predicted molar refractivity (Wildman–Crippen MR) is 138 cm³/mol. The van der Waals surface area contributed by atoms with Crippen molar-refractivity contribution in [2.24, 2.45) is 5.92 Å². The number of carboxylic acids is 1. The Balaban J connectivity index is 1.44. The third-order valence-corrected chi connectivity index (χ3v) is 8.74. The Morgan fingerprint density at radius 2 is 1.86 bits per heavy atom. The fraction of sp³-hybridized carbons (Fsp3) is 0.321. The predicted octanol–water partition coefficient (Wildman–Crippen LogP) is 5.79. The topological polar surface area (TPSA) is 69.2 Å². The van der Waals surface area contributed by atoms with E-state index >= 15 is 0 Å². The van der Waals surface area contributed by atoms with E-state index < -0.39 is 5.97 Å². The largest absolute Gasteiger partial charge is 0.478 e. The highest BCUT2D eigenvalue weighted by Crippen LogP contribution is 2.47. The molecule has 0 aromatic heterocycles. The van der Waals surface area contributed by atoms with Crippen LogP contribution in [-0.2, 0) is 6.54 Å². The second-order valence-electron chi connectivity index (χ2n) is 9.78. The zero-order chi connectivity index (χ0) is 23.9. The first kappa shape index (κ1) is 22.4. The number of nitrogens with zero attached hydrogens (tertiary/aromatic N) is 1. The highest BCUT2D eigenvalue weighted by atomic mass is 32.2. The molecule has 3 aromatic carbocycles. The van der Waals surface area contributed by atoms with Crippen molar-refractivity contribution in [3.63, 3.8) is 0 Å². The van der Waals surface area contributed by atoms with Gasteiger partial charge < -0.3 is 15.3 Å². The molecule has 0 saturated heterocycles. The number of aromatic carboxylic acids is 1. The smallest absolute Gasteiger partial charge is 0.335 e. The number of halogens is 1. The maximum absolute atomic E-state index is 14.9. The summed E-state index contributed by atoms with van der Waals surface area (Å²) in [6, 6.07) is 16.9. The minimum atomic E-state index is -0.944. The van der Waals surface area contributed by atoms with Gasteiger partial charge in [0.05, 0.1) is 34.1 Å². The number of nitrogens with one attached hydrogen (secondary N) is 1. The van der Waals surface area contributed by atoms with Gasteiger partial charge in [-0.15, -0.1) is 0 Å². The second kappa shape index (κ2) is 9.21. The lowest BCUT2D eigenvalue weighted by Gasteiger charge is -2.34. The van der Waals surface area contributed by atoms with Gasteiger partial charge in [0.2, 0.25) is 0 Å². The zero-order valence-corrected chi connectivity index (χ0v) is 20.3. The number of carboxylic acid groups (broad SMARTS) is 1. The fourth-order valence-electron chi connectivity index (χ4n) is 5.76. The lowest BCUT2D eigenvalue weighted by molar-refractivity contribution is -0.532. The highest BCUT2D eigenvalue weighted by molar-refractivity contribution is 7.92. The molecule has 2 heterocycles. The summed E-state index contributed by atoms with van der Waals surface area (Å²) in [6.45, 7) is 1.38. The molecule has 6 rings (SSSR count). The molecule has 4 N–H and O–H groups in total. The third-order valence-electron chi connectivity index (χ3n) is 7.66. The monoisotopic (exact) mass is 490 g/mol. The van der Waals surface area contributed by atoms with E-state index in [4.69, 9.17) is 0 Å².